The van der Waals surface area contributed by atoms with E-state index in [2.05, 4.69) is 36.7 Å². The number of pyridine rings is 1. The van der Waals surface area contributed by atoms with Crippen molar-refractivity contribution in [2.45, 2.75) is 32.6 Å². The van der Waals surface area contributed by atoms with E-state index in [0.29, 0.717) is 0 Å². The summed E-state index contributed by atoms with van der Waals surface area (Å²) in [5, 5.41) is 0.727. The van der Waals surface area contributed by atoms with Gasteiger partial charge >= 0.3 is 0 Å². The number of aromatic nitrogens is 1. The van der Waals surface area contributed by atoms with Crippen molar-refractivity contribution >= 4 is 11.6 Å². The van der Waals surface area contributed by atoms with Gasteiger partial charge in [0, 0.05) is 36.9 Å². The van der Waals surface area contributed by atoms with E-state index in [4.69, 9.17) is 16.3 Å². The van der Waals surface area contributed by atoms with E-state index in [0.717, 1.165) is 50.0 Å². The third-order valence-electron chi connectivity index (χ3n) is 3.44. The molecule has 0 atom stereocenters. The Morgan fingerprint density at radius 2 is 2.00 bits per heavy atom. The molecular weight excluding hydrogens is 260 g/mol. The molecule has 0 bridgehead atoms. The Labute approximate surface area is 120 Å². The molecule has 0 aromatic carbocycles. The number of morpholine rings is 1. The zero-order chi connectivity index (χ0) is 13.9. The molecule has 1 aromatic rings. The zero-order valence-corrected chi connectivity index (χ0v) is 12.8. The van der Waals surface area contributed by atoms with E-state index < -0.39 is 0 Å². The highest BCUT2D eigenvalue weighted by Gasteiger charge is 2.20. The maximum atomic E-state index is 6.09. The van der Waals surface area contributed by atoms with E-state index in [9.17, 15) is 0 Å². The van der Waals surface area contributed by atoms with Crippen LogP contribution in [0.2, 0.25) is 5.02 Å². The molecule has 1 aliphatic heterocycles. The largest absolute Gasteiger partial charge is 0.379 e. The van der Waals surface area contributed by atoms with Gasteiger partial charge in [0.2, 0.25) is 0 Å². The Morgan fingerprint density at radius 3 is 2.63 bits per heavy atom. The van der Waals surface area contributed by atoms with Crippen molar-refractivity contribution in [3.63, 3.8) is 0 Å². The van der Waals surface area contributed by atoms with Gasteiger partial charge in [-0.2, -0.15) is 0 Å². The van der Waals surface area contributed by atoms with Crippen molar-refractivity contribution in [2.24, 2.45) is 0 Å². The lowest BCUT2D eigenvalue weighted by Gasteiger charge is -2.28. The number of rotatable bonds is 3. The minimum atomic E-state index is 0.0604. The predicted octanol–water partition coefficient (Wildman–Crippen LogP) is 2.91. The first kappa shape index (κ1) is 14.8. The smallest absolute Gasteiger partial charge is 0.0594 e. The van der Waals surface area contributed by atoms with E-state index in [1.807, 2.05) is 0 Å². The molecule has 106 valence electrons. The molecule has 2 rings (SSSR count). The van der Waals surface area contributed by atoms with Crippen LogP contribution in [-0.4, -0.2) is 42.7 Å². The number of nitrogens with zero attached hydrogens (tertiary/aromatic N) is 2. The highest BCUT2D eigenvalue weighted by molar-refractivity contribution is 6.30. The van der Waals surface area contributed by atoms with Gasteiger partial charge in [0.15, 0.2) is 0 Å². The molecule has 0 saturated carbocycles. The fourth-order valence-electron chi connectivity index (χ4n) is 2.45. The Balaban J connectivity index is 2.07. The van der Waals surface area contributed by atoms with Crippen LogP contribution in [0.5, 0.6) is 0 Å². The zero-order valence-electron chi connectivity index (χ0n) is 12.1. The van der Waals surface area contributed by atoms with Crippen LogP contribution in [0, 0.1) is 0 Å². The van der Waals surface area contributed by atoms with E-state index in [1.54, 1.807) is 6.20 Å². The van der Waals surface area contributed by atoms with Gasteiger partial charge in [0.25, 0.3) is 0 Å². The second-order valence-electron chi connectivity index (χ2n) is 6.12. The number of ether oxygens (including phenoxy) is 1. The molecule has 19 heavy (non-hydrogen) atoms. The molecule has 0 radical (unpaired) electrons. The Morgan fingerprint density at radius 1 is 1.32 bits per heavy atom. The van der Waals surface area contributed by atoms with Crippen LogP contribution in [0.1, 0.15) is 32.0 Å². The summed E-state index contributed by atoms with van der Waals surface area (Å²) in [5.74, 6) is 0. The van der Waals surface area contributed by atoms with Gasteiger partial charge in [-0.1, -0.05) is 32.4 Å². The molecule has 1 aromatic heterocycles. The lowest BCUT2D eigenvalue weighted by Crippen LogP contribution is -2.37. The standard InChI is InChI=1S/C15H23ClN2O/c1-15(2,3)14-12(10-13(16)11-17-14)4-5-18-6-8-19-9-7-18/h10-11H,4-9H2,1-3H3. The average molecular weight is 283 g/mol. The van der Waals surface area contributed by atoms with E-state index in [-0.39, 0.29) is 5.41 Å². The Hall–Kier alpha value is -0.640. The SMILES string of the molecule is CC(C)(C)c1ncc(Cl)cc1CCN1CCOCC1. The van der Waals surface area contributed by atoms with E-state index >= 15 is 0 Å². The van der Waals surface area contributed by atoms with Crippen LogP contribution >= 0.6 is 11.6 Å². The van der Waals surface area contributed by atoms with Crippen molar-refractivity contribution in [2.75, 3.05) is 32.8 Å². The van der Waals surface area contributed by atoms with Crippen LogP contribution in [0.3, 0.4) is 0 Å². The Kier molecular flexibility index (Phi) is 4.82. The lowest BCUT2D eigenvalue weighted by molar-refractivity contribution is 0.0384. The number of hydrogen-bond donors (Lipinski definition) is 0. The van der Waals surface area contributed by atoms with Crippen molar-refractivity contribution in [3.8, 4) is 0 Å². The molecular formula is C15H23ClN2O. The summed E-state index contributed by atoms with van der Waals surface area (Å²) >= 11 is 6.09. The Bertz CT molecular complexity index is 423. The minimum Gasteiger partial charge on any atom is -0.379 e. The summed E-state index contributed by atoms with van der Waals surface area (Å²) in [7, 11) is 0. The fourth-order valence-corrected chi connectivity index (χ4v) is 2.63. The molecule has 2 heterocycles. The molecule has 1 aliphatic rings. The van der Waals surface area contributed by atoms with Gasteiger partial charge in [-0.15, -0.1) is 0 Å². The molecule has 0 unspecified atom stereocenters. The summed E-state index contributed by atoms with van der Waals surface area (Å²) in [6, 6.07) is 2.07. The maximum absolute atomic E-state index is 6.09. The second kappa shape index (κ2) is 6.21. The molecule has 4 heteroatoms. The van der Waals surface area contributed by atoms with Crippen LogP contribution in [0.25, 0.3) is 0 Å². The first-order valence-corrected chi connectivity index (χ1v) is 7.29. The van der Waals surface area contributed by atoms with Crippen molar-refractivity contribution in [1.82, 2.24) is 9.88 Å². The third kappa shape index (κ3) is 4.16. The summed E-state index contributed by atoms with van der Waals surface area (Å²) in [6.07, 6.45) is 2.75. The van der Waals surface area contributed by atoms with Crippen LogP contribution in [0.15, 0.2) is 12.3 Å². The molecule has 0 spiro atoms. The monoisotopic (exact) mass is 282 g/mol. The average Bonchev–Trinajstić information content (AvgIpc) is 2.36. The van der Waals surface area contributed by atoms with Crippen LogP contribution in [-0.2, 0) is 16.6 Å². The van der Waals surface area contributed by atoms with E-state index in [1.165, 1.54) is 5.56 Å². The van der Waals surface area contributed by atoms with Gasteiger partial charge < -0.3 is 4.74 Å². The molecule has 1 fully saturated rings. The fraction of sp³-hybridized carbons (Fsp3) is 0.667. The second-order valence-corrected chi connectivity index (χ2v) is 6.55. The molecule has 0 aliphatic carbocycles. The van der Waals surface area contributed by atoms with Gasteiger partial charge in [-0.25, -0.2) is 0 Å². The van der Waals surface area contributed by atoms with Gasteiger partial charge in [0.05, 0.1) is 18.2 Å². The van der Waals surface area contributed by atoms with Crippen molar-refractivity contribution in [1.29, 1.82) is 0 Å². The first-order chi connectivity index (χ1) is 8.97. The molecule has 3 nitrogen and oxygen atoms in total. The van der Waals surface area contributed by atoms with Gasteiger partial charge in [-0.3, -0.25) is 9.88 Å². The number of halogens is 1. The summed E-state index contributed by atoms with van der Waals surface area (Å²) < 4.78 is 5.37. The quantitative estimate of drug-likeness (QED) is 0.852. The predicted molar refractivity (Wildman–Crippen MR) is 78.9 cm³/mol. The van der Waals surface area contributed by atoms with Crippen LogP contribution < -0.4 is 0 Å². The normalized spacial score (nSPS) is 17.7. The molecule has 0 amide bonds. The summed E-state index contributed by atoms with van der Waals surface area (Å²) in [5.41, 5.74) is 2.49. The van der Waals surface area contributed by atoms with Crippen molar-refractivity contribution in [3.05, 3.63) is 28.5 Å². The van der Waals surface area contributed by atoms with Gasteiger partial charge in [0.1, 0.15) is 0 Å². The first-order valence-electron chi connectivity index (χ1n) is 6.92. The highest BCUT2D eigenvalue weighted by atomic mass is 35.5. The van der Waals surface area contributed by atoms with Gasteiger partial charge in [-0.05, 0) is 18.1 Å². The number of hydrogen-bond acceptors (Lipinski definition) is 3. The summed E-state index contributed by atoms with van der Waals surface area (Å²) in [4.78, 5) is 6.98. The summed E-state index contributed by atoms with van der Waals surface area (Å²) in [6.45, 7) is 11.4. The minimum absolute atomic E-state index is 0.0604. The molecule has 0 N–H and O–H groups in total. The highest BCUT2D eigenvalue weighted by Crippen LogP contribution is 2.26. The maximum Gasteiger partial charge on any atom is 0.0594 e. The topological polar surface area (TPSA) is 25.4 Å². The third-order valence-corrected chi connectivity index (χ3v) is 3.65. The van der Waals surface area contributed by atoms with Crippen LogP contribution in [0.4, 0.5) is 0 Å². The molecule has 1 saturated heterocycles. The van der Waals surface area contributed by atoms with Crippen molar-refractivity contribution < 1.29 is 4.74 Å². The lowest BCUT2D eigenvalue weighted by atomic mass is 9.87.